The molecule has 3 aromatic carbocycles. The Morgan fingerprint density at radius 1 is 1.00 bits per heavy atom. The molecule has 2 amide bonds. The van der Waals surface area contributed by atoms with Crippen LogP contribution in [0.2, 0.25) is 0 Å². The largest absolute Gasteiger partial charge is 0.493 e. The topological polar surface area (TPSA) is 58.6 Å². The SMILES string of the molecule is CNC(=O)[C@H]1Cc2ccccc2CN1C(=O)c1ccc(-c2cc(OCC(C)C)ccc2F)c(F)c1. The van der Waals surface area contributed by atoms with E-state index in [9.17, 15) is 14.0 Å². The fourth-order valence-corrected chi connectivity index (χ4v) is 4.23. The lowest BCUT2D eigenvalue weighted by Gasteiger charge is -2.36. The van der Waals surface area contributed by atoms with Crippen molar-refractivity contribution in [1.29, 1.82) is 0 Å². The zero-order chi connectivity index (χ0) is 25.1. The van der Waals surface area contributed by atoms with Crippen molar-refractivity contribution >= 4 is 11.8 Å². The maximum atomic E-state index is 15.2. The van der Waals surface area contributed by atoms with Crippen molar-refractivity contribution < 1.29 is 23.1 Å². The van der Waals surface area contributed by atoms with Crippen molar-refractivity contribution in [3.63, 3.8) is 0 Å². The normalized spacial score (nSPS) is 15.0. The second kappa shape index (κ2) is 10.3. The van der Waals surface area contributed by atoms with Gasteiger partial charge in [0.15, 0.2) is 0 Å². The Bertz CT molecular complexity index is 1260. The summed E-state index contributed by atoms with van der Waals surface area (Å²) in [6.45, 7) is 4.68. The summed E-state index contributed by atoms with van der Waals surface area (Å²) in [7, 11) is 1.52. The summed E-state index contributed by atoms with van der Waals surface area (Å²) in [4.78, 5) is 27.4. The minimum absolute atomic E-state index is 0.0286. The van der Waals surface area contributed by atoms with E-state index in [1.54, 1.807) is 0 Å². The first-order chi connectivity index (χ1) is 16.8. The number of likely N-dealkylation sites (N-methyl/N-ethyl adjacent to an activating group) is 1. The molecule has 0 aliphatic carbocycles. The Morgan fingerprint density at radius 2 is 1.74 bits per heavy atom. The number of nitrogens with zero attached hydrogens (tertiary/aromatic N) is 1. The van der Waals surface area contributed by atoms with Gasteiger partial charge < -0.3 is 15.0 Å². The van der Waals surface area contributed by atoms with Crippen LogP contribution < -0.4 is 10.1 Å². The van der Waals surface area contributed by atoms with Crippen LogP contribution >= 0.6 is 0 Å². The predicted octanol–water partition coefficient (Wildman–Crippen LogP) is 4.98. The number of carbonyl (C=O) groups is 2. The van der Waals surface area contributed by atoms with Crippen molar-refractivity contribution in [1.82, 2.24) is 10.2 Å². The van der Waals surface area contributed by atoms with Crippen LogP contribution in [0.1, 0.15) is 35.3 Å². The highest BCUT2D eigenvalue weighted by Crippen LogP contribution is 2.31. The number of halogens is 2. The summed E-state index contributed by atoms with van der Waals surface area (Å²) in [5, 5.41) is 2.61. The summed E-state index contributed by atoms with van der Waals surface area (Å²) >= 11 is 0. The first-order valence-corrected chi connectivity index (χ1v) is 11.6. The molecule has 1 atom stereocenters. The molecule has 0 saturated heterocycles. The number of ether oxygens (including phenoxy) is 1. The Labute approximate surface area is 203 Å². The first-order valence-electron chi connectivity index (χ1n) is 11.6. The van der Waals surface area contributed by atoms with Gasteiger partial charge in [0.25, 0.3) is 5.91 Å². The molecule has 5 nitrogen and oxygen atoms in total. The lowest BCUT2D eigenvalue weighted by atomic mass is 9.92. The number of amides is 2. The molecule has 0 spiro atoms. The van der Waals surface area contributed by atoms with Gasteiger partial charge >= 0.3 is 0 Å². The van der Waals surface area contributed by atoms with Crippen LogP contribution in [0, 0.1) is 17.6 Å². The van der Waals surface area contributed by atoms with Crippen LogP contribution in [-0.4, -0.2) is 36.4 Å². The summed E-state index contributed by atoms with van der Waals surface area (Å²) < 4.78 is 35.4. The van der Waals surface area contributed by atoms with Crippen LogP contribution in [0.4, 0.5) is 8.78 Å². The maximum absolute atomic E-state index is 15.2. The number of fused-ring (bicyclic) bond motifs is 1. The van der Waals surface area contributed by atoms with E-state index in [4.69, 9.17) is 4.74 Å². The van der Waals surface area contributed by atoms with Gasteiger partial charge in [0, 0.05) is 36.7 Å². The molecule has 4 rings (SSSR count). The smallest absolute Gasteiger partial charge is 0.254 e. The van der Waals surface area contributed by atoms with E-state index in [1.165, 1.54) is 42.3 Å². The Balaban J connectivity index is 1.63. The number of rotatable bonds is 6. The van der Waals surface area contributed by atoms with Gasteiger partial charge in [-0.15, -0.1) is 0 Å². The van der Waals surface area contributed by atoms with Gasteiger partial charge in [0.2, 0.25) is 5.91 Å². The number of carbonyl (C=O) groups excluding carboxylic acids is 2. The quantitative estimate of drug-likeness (QED) is 0.544. The lowest BCUT2D eigenvalue weighted by Crippen LogP contribution is -2.51. The third-order valence-electron chi connectivity index (χ3n) is 6.09. The van der Waals surface area contributed by atoms with Crippen molar-refractivity contribution in [2.75, 3.05) is 13.7 Å². The lowest BCUT2D eigenvalue weighted by molar-refractivity contribution is -0.125. The van der Waals surface area contributed by atoms with Crippen molar-refractivity contribution in [2.45, 2.75) is 32.9 Å². The van der Waals surface area contributed by atoms with Crippen molar-refractivity contribution in [3.05, 3.63) is 89.0 Å². The van der Waals surface area contributed by atoms with Crippen LogP contribution in [-0.2, 0) is 17.8 Å². The van der Waals surface area contributed by atoms with E-state index in [2.05, 4.69) is 5.32 Å². The number of nitrogens with one attached hydrogen (secondary N) is 1. The predicted molar refractivity (Wildman–Crippen MR) is 130 cm³/mol. The molecule has 7 heteroatoms. The fourth-order valence-electron chi connectivity index (χ4n) is 4.23. The zero-order valence-corrected chi connectivity index (χ0v) is 20.0. The highest BCUT2D eigenvalue weighted by molar-refractivity contribution is 5.98. The standard InChI is InChI=1S/C28H28F2N2O3/c1-17(2)16-35-21-9-11-24(29)23(14-21)22-10-8-19(12-25(22)30)28(34)32-15-20-7-5-4-6-18(20)13-26(32)27(33)31-3/h4-12,14,17,26H,13,15-16H2,1-3H3,(H,31,33)/t26-/m1/s1. The van der Waals surface area contributed by atoms with E-state index in [0.717, 1.165) is 17.2 Å². The minimum Gasteiger partial charge on any atom is -0.493 e. The molecule has 0 bridgehead atoms. The van der Waals surface area contributed by atoms with Crippen LogP contribution in [0.3, 0.4) is 0 Å². The first kappa shape index (κ1) is 24.4. The van der Waals surface area contributed by atoms with Crippen molar-refractivity contribution in [3.8, 4) is 16.9 Å². The van der Waals surface area contributed by atoms with E-state index in [-0.39, 0.29) is 35.1 Å². The van der Waals surface area contributed by atoms with Gasteiger partial charge in [-0.05, 0) is 47.4 Å². The Kier molecular flexibility index (Phi) is 7.15. The number of hydrogen-bond donors (Lipinski definition) is 1. The molecule has 0 fully saturated rings. The zero-order valence-electron chi connectivity index (χ0n) is 20.0. The molecule has 35 heavy (non-hydrogen) atoms. The average molecular weight is 479 g/mol. The third kappa shape index (κ3) is 5.19. The van der Waals surface area contributed by atoms with E-state index < -0.39 is 23.6 Å². The van der Waals surface area contributed by atoms with Gasteiger partial charge in [-0.25, -0.2) is 8.78 Å². The molecule has 0 saturated carbocycles. The summed E-state index contributed by atoms with van der Waals surface area (Å²) in [5.41, 5.74) is 2.12. The van der Waals surface area contributed by atoms with E-state index >= 15 is 4.39 Å². The second-order valence-electron chi connectivity index (χ2n) is 9.08. The molecule has 182 valence electrons. The van der Waals surface area contributed by atoms with Gasteiger partial charge in [0.05, 0.1) is 6.61 Å². The highest BCUT2D eigenvalue weighted by atomic mass is 19.1. The maximum Gasteiger partial charge on any atom is 0.254 e. The summed E-state index contributed by atoms with van der Waals surface area (Å²) in [5.74, 6) is -1.35. The third-order valence-corrected chi connectivity index (χ3v) is 6.09. The molecule has 1 N–H and O–H groups in total. The van der Waals surface area contributed by atoms with Gasteiger partial charge in [-0.2, -0.15) is 0 Å². The van der Waals surface area contributed by atoms with E-state index in [1.807, 2.05) is 38.1 Å². The molecule has 0 radical (unpaired) electrons. The molecule has 1 aliphatic rings. The fraction of sp³-hybridized carbons (Fsp3) is 0.286. The van der Waals surface area contributed by atoms with E-state index in [0.29, 0.717) is 18.8 Å². The summed E-state index contributed by atoms with van der Waals surface area (Å²) in [6, 6.07) is 15.1. The van der Waals surface area contributed by atoms with Crippen molar-refractivity contribution in [2.24, 2.45) is 5.92 Å². The number of hydrogen-bond acceptors (Lipinski definition) is 3. The number of benzene rings is 3. The van der Waals surface area contributed by atoms with Gasteiger partial charge in [0.1, 0.15) is 23.4 Å². The van der Waals surface area contributed by atoms with Gasteiger partial charge in [-0.3, -0.25) is 9.59 Å². The van der Waals surface area contributed by atoms with Gasteiger partial charge in [-0.1, -0.05) is 44.2 Å². The molecular weight excluding hydrogens is 450 g/mol. The molecular formula is C28H28F2N2O3. The van der Waals surface area contributed by atoms with Crippen LogP contribution in [0.5, 0.6) is 5.75 Å². The second-order valence-corrected chi connectivity index (χ2v) is 9.08. The molecule has 0 aromatic heterocycles. The minimum atomic E-state index is -0.732. The summed E-state index contributed by atoms with van der Waals surface area (Å²) in [6.07, 6.45) is 0.372. The molecule has 3 aromatic rings. The molecule has 0 unspecified atom stereocenters. The molecule has 1 heterocycles. The van der Waals surface area contributed by atoms with Crippen LogP contribution in [0.15, 0.2) is 60.7 Å². The Morgan fingerprint density at radius 3 is 2.43 bits per heavy atom. The highest BCUT2D eigenvalue weighted by Gasteiger charge is 2.34. The average Bonchev–Trinajstić information content (AvgIpc) is 2.86. The monoisotopic (exact) mass is 478 g/mol. The Hall–Kier alpha value is -3.74. The van der Waals surface area contributed by atoms with Crippen LogP contribution in [0.25, 0.3) is 11.1 Å². The molecule has 1 aliphatic heterocycles.